The van der Waals surface area contributed by atoms with Crippen LogP contribution in [0.5, 0.6) is 0 Å². The van der Waals surface area contributed by atoms with Crippen molar-refractivity contribution in [1.82, 2.24) is 5.32 Å². The summed E-state index contributed by atoms with van der Waals surface area (Å²) in [4.78, 5) is 11.4. The monoisotopic (exact) mass is 220 g/mol. The third kappa shape index (κ3) is 1.99. The predicted octanol–water partition coefficient (Wildman–Crippen LogP) is 2.29. The average Bonchev–Trinajstić information content (AvgIpc) is 2.62. The molecular weight excluding hydrogens is 210 g/mol. The molecule has 2 rings (SSSR count). The lowest BCUT2D eigenvalue weighted by molar-refractivity contribution is -0.131. The molecule has 0 unspecified atom stereocenters. The molecule has 0 saturated carbocycles. The van der Waals surface area contributed by atoms with Gasteiger partial charge in [0, 0.05) is 0 Å². The summed E-state index contributed by atoms with van der Waals surface area (Å²) in [6.45, 7) is 1.86. The maximum absolute atomic E-state index is 11.0. The molecule has 15 heavy (non-hydrogen) atoms. The van der Waals surface area contributed by atoms with E-state index in [1.807, 2.05) is 37.3 Å². The van der Waals surface area contributed by atoms with Gasteiger partial charge in [-0.05, 0) is 12.5 Å². The smallest absolute Gasteiger partial charge is 0.344 e. The molecule has 0 saturated heterocycles. The van der Waals surface area contributed by atoms with Crippen molar-refractivity contribution in [2.24, 2.45) is 0 Å². The highest BCUT2D eigenvalue weighted by Crippen LogP contribution is 2.38. The Kier molecular flexibility index (Phi) is 2.68. The normalized spacial score (nSPS) is 16.6. The van der Waals surface area contributed by atoms with Crippen molar-refractivity contribution >= 4 is 23.4 Å². The van der Waals surface area contributed by atoms with Crippen LogP contribution < -0.4 is 5.32 Å². The zero-order chi connectivity index (χ0) is 10.8. The molecule has 0 aliphatic carbocycles. The number of nitrogens with one attached hydrogen (secondary N) is 1. The molecule has 0 aromatic heterocycles. The molecule has 0 spiro atoms. The van der Waals surface area contributed by atoms with E-state index in [1.54, 1.807) is 0 Å². The minimum absolute atomic E-state index is 0.360. The van der Waals surface area contributed by atoms with Crippen LogP contribution in [0.3, 0.4) is 0 Å². The summed E-state index contributed by atoms with van der Waals surface area (Å²) in [5.74, 6) is -0.886. The number of carboxylic acid groups (broad SMARTS) is 1. The lowest BCUT2D eigenvalue weighted by Gasteiger charge is -2.05. The lowest BCUT2D eigenvalue weighted by atomic mass is 10.1. The van der Waals surface area contributed by atoms with E-state index in [2.05, 4.69) is 5.32 Å². The van der Waals surface area contributed by atoms with Crippen molar-refractivity contribution in [3.05, 3.63) is 46.2 Å². The van der Waals surface area contributed by atoms with Crippen LogP contribution in [0, 0.1) is 5.37 Å². The Morgan fingerprint density at radius 1 is 1.33 bits per heavy atom. The molecule has 77 valence electrons. The van der Waals surface area contributed by atoms with Crippen LogP contribution in [-0.4, -0.2) is 11.1 Å². The fourth-order valence-electron chi connectivity index (χ4n) is 1.42. The van der Waals surface area contributed by atoms with Crippen molar-refractivity contribution in [2.45, 2.75) is 6.92 Å². The van der Waals surface area contributed by atoms with Crippen molar-refractivity contribution in [2.75, 3.05) is 0 Å². The summed E-state index contributed by atoms with van der Waals surface area (Å²) < 4.78 is 0. The topological polar surface area (TPSA) is 49.3 Å². The second-order valence-corrected chi connectivity index (χ2v) is 4.38. The van der Waals surface area contributed by atoms with Crippen LogP contribution in [0.25, 0.3) is 5.70 Å². The second-order valence-electron chi connectivity index (χ2n) is 3.16. The lowest BCUT2D eigenvalue weighted by Crippen LogP contribution is -2.09. The van der Waals surface area contributed by atoms with E-state index in [-0.39, 0.29) is 0 Å². The highest BCUT2D eigenvalue weighted by atomic mass is 32.2. The first-order chi connectivity index (χ1) is 7.18. The van der Waals surface area contributed by atoms with E-state index < -0.39 is 5.97 Å². The number of hydrogen-bond donors (Lipinski definition) is 2. The molecule has 1 heterocycles. The summed E-state index contributed by atoms with van der Waals surface area (Å²) in [6.07, 6.45) is 0. The molecule has 0 fully saturated rings. The molecule has 4 heteroatoms. The fourth-order valence-corrected chi connectivity index (χ4v) is 2.24. The fraction of sp³-hybridized carbons (Fsp3) is 0.0909. The van der Waals surface area contributed by atoms with Crippen LogP contribution in [-0.2, 0) is 4.79 Å². The van der Waals surface area contributed by atoms with Gasteiger partial charge < -0.3 is 10.4 Å². The molecule has 1 aromatic carbocycles. The quantitative estimate of drug-likeness (QED) is 0.802. The highest BCUT2D eigenvalue weighted by molar-refractivity contribution is 8.07. The summed E-state index contributed by atoms with van der Waals surface area (Å²) >= 11 is 1.26. The zero-order valence-corrected chi connectivity index (χ0v) is 8.97. The summed E-state index contributed by atoms with van der Waals surface area (Å²) in [7, 11) is 0. The number of hydrogen-bond acceptors (Lipinski definition) is 3. The molecule has 0 amide bonds. The summed E-state index contributed by atoms with van der Waals surface area (Å²) in [6, 6.07) is 9.47. The third-order valence-electron chi connectivity index (χ3n) is 2.04. The Labute approximate surface area is 92.2 Å². The van der Waals surface area contributed by atoms with Crippen LogP contribution in [0.1, 0.15) is 12.5 Å². The minimum Gasteiger partial charge on any atom is -0.477 e. The SMILES string of the molecule is C[C]1NC(c2ccccc2)=C(C(=O)O)S1. The maximum Gasteiger partial charge on any atom is 0.344 e. The van der Waals surface area contributed by atoms with E-state index in [0.717, 1.165) is 10.9 Å². The van der Waals surface area contributed by atoms with Gasteiger partial charge in [-0.1, -0.05) is 42.1 Å². The summed E-state index contributed by atoms with van der Waals surface area (Å²) in [5.41, 5.74) is 1.59. The van der Waals surface area contributed by atoms with Crippen molar-refractivity contribution < 1.29 is 9.90 Å². The number of aliphatic carboxylic acids is 1. The van der Waals surface area contributed by atoms with E-state index in [0.29, 0.717) is 10.6 Å². The van der Waals surface area contributed by atoms with Gasteiger partial charge in [0.25, 0.3) is 0 Å². The Bertz CT molecular complexity index is 414. The number of carbonyl (C=O) groups is 1. The Morgan fingerprint density at radius 2 is 2.00 bits per heavy atom. The molecule has 1 radical (unpaired) electrons. The molecule has 2 N–H and O–H groups in total. The molecule has 3 nitrogen and oxygen atoms in total. The molecule has 0 bridgehead atoms. The van der Waals surface area contributed by atoms with Crippen LogP contribution >= 0.6 is 11.8 Å². The third-order valence-corrected chi connectivity index (χ3v) is 3.03. The van der Waals surface area contributed by atoms with E-state index >= 15 is 0 Å². The van der Waals surface area contributed by atoms with E-state index in [1.165, 1.54) is 11.8 Å². The molecule has 1 aliphatic heterocycles. The molecule has 1 aromatic rings. The van der Waals surface area contributed by atoms with Gasteiger partial charge in [0.15, 0.2) is 0 Å². The van der Waals surface area contributed by atoms with E-state index in [9.17, 15) is 4.79 Å². The standard InChI is InChI=1S/C11H10NO2S/c1-7-12-9(10(15-7)11(13)14)8-5-3-2-4-6-8/h2-6,12H,1H3,(H,13,14). The van der Waals surface area contributed by atoms with Gasteiger partial charge in [-0.2, -0.15) is 0 Å². The number of thioether (sulfide) groups is 1. The van der Waals surface area contributed by atoms with Gasteiger partial charge in [0.1, 0.15) is 10.3 Å². The second kappa shape index (κ2) is 3.98. The van der Waals surface area contributed by atoms with Gasteiger partial charge in [0.2, 0.25) is 0 Å². The van der Waals surface area contributed by atoms with Gasteiger partial charge in [-0.3, -0.25) is 0 Å². The first kappa shape index (κ1) is 10.1. The van der Waals surface area contributed by atoms with Gasteiger partial charge in [0.05, 0.1) is 5.70 Å². The first-order valence-electron chi connectivity index (χ1n) is 4.50. The Balaban J connectivity index is 2.42. The number of rotatable bonds is 2. The Morgan fingerprint density at radius 3 is 2.60 bits per heavy atom. The average molecular weight is 220 g/mol. The highest BCUT2D eigenvalue weighted by Gasteiger charge is 2.27. The molecular formula is C11H10NO2S. The van der Waals surface area contributed by atoms with Gasteiger partial charge >= 0.3 is 5.97 Å². The van der Waals surface area contributed by atoms with Crippen LogP contribution in [0.2, 0.25) is 0 Å². The van der Waals surface area contributed by atoms with Crippen LogP contribution in [0.15, 0.2) is 35.2 Å². The van der Waals surface area contributed by atoms with E-state index in [4.69, 9.17) is 5.11 Å². The Hall–Kier alpha value is -1.42. The van der Waals surface area contributed by atoms with Crippen molar-refractivity contribution in [1.29, 1.82) is 0 Å². The predicted molar refractivity (Wildman–Crippen MR) is 60.6 cm³/mol. The molecule has 0 atom stereocenters. The number of carboxylic acids is 1. The van der Waals surface area contributed by atoms with Crippen molar-refractivity contribution in [3.8, 4) is 0 Å². The molecule has 1 aliphatic rings. The van der Waals surface area contributed by atoms with Gasteiger partial charge in [-0.25, -0.2) is 4.79 Å². The first-order valence-corrected chi connectivity index (χ1v) is 5.31. The van der Waals surface area contributed by atoms with Crippen LogP contribution in [0.4, 0.5) is 0 Å². The number of benzene rings is 1. The minimum atomic E-state index is -0.886. The maximum atomic E-state index is 11.0. The summed E-state index contributed by atoms with van der Waals surface area (Å²) in [5, 5.41) is 13.0. The van der Waals surface area contributed by atoms with Gasteiger partial charge in [-0.15, -0.1) is 0 Å². The largest absolute Gasteiger partial charge is 0.477 e. The zero-order valence-electron chi connectivity index (χ0n) is 8.15. The van der Waals surface area contributed by atoms with Crippen molar-refractivity contribution in [3.63, 3.8) is 0 Å².